The summed E-state index contributed by atoms with van der Waals surface area (Å²) in [5.41, 5.74) is -0.782. The Kier molecular flexibility index (Phi) is 7.16. The predicted molar refractivity (Wildman–Crippen MR) is 113 cm³/mol. The standard InChI is InChI=1S/C23H37NO5/c1-13-16(24-14(2)25)12-15(21(3,4)5)18(20(27)29-23(9,10)11)17(13)19(26)28-22(6,7)8/h12-13,16H,1-11H3,(H,24,25)/t13-,16-/m0/s1. The molecule has 0 heterocycles. The molecule has 6 heteroatoms. The molecule has 1 amide bonds. The van der Waals surface area contributed by atoms with E-state index in [4.69, 9.17) is 9.47 Å². The van der Waals surface area contributed by atoms with Gasteiger partial charge in [0.1, 0.15) is 11.2 Å². The van der Waals surface area contributed by atoms with E-state index < -0.39 is 40.5 Å². The fraction of sp³-hybridized carbons (Fsp3) is 0.696. The highest BCUT2D eigenvalue weighted by atomic mass is 16.6. The van der Waals surface area contributed by atoms with Crippen LogP contribution >= 0.6 is 0 Å². The maximum atomic E-state index is 13.2. The van der Waals surface area contributed by atoms with Crippen LogP contribution in [0.5, 0.6) is 0 Å². The molecular weight excluding hydrogens is 370 g/mol. The molecular formula is C23H37NO5. The Morgan fingerprint density at radius 3 is 1.69 bits per heavy atom. The van der Waals surface area contributed by atoms with Crippen molar-refractivity contribution in [2.24, 2.45) is 11.3 Å². The molecule has 0 saturated carbocycles. The van der Waals surface area contributed by atoms with Gasteiger partial charge in [-0.3, -0.25) is 4.79 Å². The third-order valence-corrected chi connectivity index (χ3v) is 4.28. The second kappa shape index (κ2) is 8.33. The van der Waals surface area contributed by atoms with E-state index in [0.717, 1.165) is 0 Å². The lowest BCUT2D eigenvalue weighted by atomic mass is 9.72. The summed E-state index contributed by atoms with van der Waals surface area (Å²) in [6, 6.07) is -0.435. The fourth-order valence-electron chi connectivity index (χ4n) is 3.16. The normalized spacial score (nSPS) is 20.7. The van der Waals surface area contributed by atoms with Crippen molar-refractivity contribution in [2.75, 3.05) is 0 Å². The predicted octanol–water partition coefficient (Wildman–Crippen LogP) is 4.09. The van der Waals surface area contributed by atoms with Crippen LogP contribution in [0.3, 0.4) is 0 Å². The highest BCUT2D eigenvalue weighted by Crippen LogP contribution is 2.41. The van der Waals surface area contributed by atoms with Crippen LogP contribution in [0.25, 0.3) is 0 Å². The number of carbonyl (C=O) groups excluding carboxylic acids is 3. The third-order valence-electron chi connectivity index (χ3n) is 4.28. The van der Waals surface area contributed by atoms with Crippen molar-refractivity contribution in [1.82, 2.24) is 5.32 Å². The van der Waals surface area contributed by atoms with Crippen molar-refractivity contribution in [3.05, 3.63) is 22.8 Å². The largest absolute Gasteiger partial charge is 0.457 e. The van der Waals surface area contributed by atoms with E-state index in [1.165, 1.54) is 6.92 Å². The molecule has 0 unspecified atom stereocenters. The minimum atomic E-state index is -0.727. The molecule has 0 aliphatic heterocycles. The lowest BCUT2D eigenvalue weighted by Crippen LogP contribution is -2.44. The summed E-state index contributed by atoms with van der Waals surface area (Å²) in [5, 5.41) is 2.88. The van der Waals surface area contributed by atoms with Gasteiger partial charge in [0.05, 0.1) is 17.2 Å². The minimum absolute atomic E-state index is 0.212. The first-order valence-electron chi connectivity index (χ1n) is 10.0. The molecule has 2 atom stereocenters. The lowest BCUT2D eigenvalue weighted by Gasteiger charge is -2.37. The smallest absolute Gasteiger partial charge is 0.339 e. The first-order valence-corrected chi connectivity index (χ1v) is 10.0. The van der Waals surface area contributed by atoms with E-state index in [0.29, 0.717) is 5.57 Å². The quantitative estimate of drug-likeness (QED) is 0.713. The summed E-state index contributed by atoms with van der Waals surface area (Å²) >= 11 is 0. The van der Waals surface area contributed by atoms with E-state index in [1.807, 2.05) is 26.8 Å². The second-order valence-corrected chi connectivity index (χ2v) is 10.6. The first kappa shape index (κ1) is 24.9. The summed E-state index contributed by atoms with van der Waals surface area (Å²) in [5.74, 6) is -1.80. The van der Waals surface area contributed by atoms with Crippen LogP contribution in [0.4, 0.5) is 0 Å². The minimum Gasteiger partial charge on any atom is -0.457 e. The molecule has 0 aromatic carbocycles. The molecule has 0 fully saturated rings. The zero-order valence-corrected chi connectivity index (χ0v) is 19.8. The van der Waals surface area contributed by atoms with Crippen LogP contribution in [0, 0.1) is 11.3 Å². The Morgan fingerprint density at radius 1 is 0.862 bits per heavy atom. The number of amides is 1. The van der Waals surface area contributed by atoms with Gasteiger partial charge in [-0.2, -0.15) is 0 Å². The molecule has 164 valence electrons. The van der Waals surface area contributed by atoms with Crippen LogP contribution < -0.4 is 5.32 Å². The van der Waals surface area contributed by atoms with Gasteiger partial charge in [0.2, 0.25) is 5.91 Å². The van der Waals surface area contributed by atoms with Crippen LogP contribution in [0.1, 0.15) is 76.2 Å². The Hall–Kier alpha value is -2.11. The Bertz CT molecular complexity index is 739. The fourth-order valence-corrected chi connectivity index (χ4v) is 3.16. The Balaban J connectivity index is 3.73. The van der Waals surface area contributed by atoms with Crippen molar-refractivity contribution < 1.29 is 23.9 Å². The number of nitrogens with one attached hydrogen (secondary N) is 1. The van der Waals surface area contributed by atoms with Gasteiger partial charge in [0.25, 0.3) is 0 Å². The second-order valence-electron chi connectivity index (χ2n) is 10.6. The van der Waals surface area contributed by atoms with Gasteiger partial charge in [-0.15, -0.1) is 0 Å². The van der Waals surface area contributed by atoms with Crippen molar-refractivity contribution in [3.8, 4) is 0 Å². The number of carbonyl (C=O) groups is 3. The summed E-state index contributed by atoms with van der Waals surface area (Å²) in [7, 11) is 0. The molecule has 0 saturated heterocycles. The number of hydrogen-bond donors (Lipinski definition) is 1. The lowest BCUT2D eigenvalue weighted by molar-refractivity contribution is -0.154. The summed E-state index contributed by atoms with van der Waals surface area (Å²) in [6.07, 6.45) is 1.86. The first-order chi connectivity index (χ1) is 12.8. The van der Waals surface area contributed by atoms with Gasteiger partial charge in [-0.1, -0.05) is 33.8 Å². The van der Waals surface area contributed by atoms with Gasteiger partial charge >= 0.3 is 11.9 Å². The monoisotopic (exact) mass is 407 g/mol. The number of esters is 2. The zero-order chi connectivity index (χ0) is 22.9. The summed E-state index contributed by atoms with van der Waals surface area (Å²) in [4.78, 5) is 38.1. The van der Waals surface area contributed by atoms with Crippen molar-refractivity contribution in [2.45, 2.75) is 93.4 Å². The van der Waals surface area contributed by atoms with Gasteiger partial charge in [0.15, 0.2) is 0 Å². The topological polar surface area (TPSA) is 81.7 Å². The van der Waals surface area contributed by atoms with Crippen LogP contribution in [0.15, 0.2) is 22.8 Å². The van der Waals surface area contributed by atoms with Crippen molar-refractivity contribution in [3.63, 3.8) is 0 Å². The van der Waals surface area contributed by atoms with E-state index >= 15 is 0 Å². The van der Waals surface area contributed by atoms with Crippen LogP contribution in [0.2, 0.25) is 0 Å². The van der Waals surface area contributed by atoms with E-state index in [-0.39, 0.29) is 17.1 Å². The molecule has 0 aromatic rings. The van der Waals surface area contributed by atoms with Gasteiger partial charge < -0.3 is 14.8 Å². The molecule has 0 spiro atoms. The van der Waals surface area contributed by atoms with E-state index in [1.54, 1.807) is 48.5 Å². The zero-order valence-electron chi connectivity index (χ0n) is 19.8. The van der Waals surface area contributed by atoms with Gasteiger partial charge in [-0.25, -0.2) is 9.59 Å². The van der Waals surface area contributed by atoms with E-state index in [9.17, 15) is 14.4 Å². The molecule has 0 radical (unpaired) electrons. The van der Waals surface area contributed by atoms with Gasteiger partial charge in [-0.05, 0) is 52.5 Å². The number of rotatable bonds is 3. The van der Waals surface area contributed by atoms with Crippen molar-refractivity contribution >= 4 is 17.8 Å². The summed E-state index contributed by atoms with van der Waals surface area (Å²) < 4.78 is 11.3. The molecule has 0 bridgehead atoms. The molecule has 1 N–H and O–H groups in total. The number of ether oxygens (including phenoxy) is 2. The highest BCUT2D eigenvalue weighted by Gasteiger charge is 2.42. The Labute approximate surface area is 175 Å². The SMILES string of the molecule is CC(=O)N[C@H]1C=C(C(C)(C)C)C(C(=O)OC(C)(C)C)=C(C(=O)OC(C)(C)C)[C@H]1C. The number of hydrogen-bond acceptors (Lipinski definition) is 5. The van der Waals surface area contributed by atoms with Crippen LogP contribution in [-0.4, -0.2) is 35.1 Å². The van der Waals surface area contributed by atoms with E-state index in [2.05, 4.69) is 5.32 Å². The average Bonchev–Trinajstić information content (AvgIpc) is 2.43. The van der Waals surface area contributed by atoms with Gasteiger partial charge in [0, 0.05) is 12.8 Å². The molecule has 1 rings (SSSR count). The third kappa shape index (κ3) is 7.02. The molecule has 1 aliphatic carbocycles. The molecule has 6 nitrogen and oxygen atoms in total. The molecule has 29 heavy (non-hydrogen) atoms. The van der Waals surface area contributed by atoms with Crippen LogP contribution in [-0.2, 0) is 23.9 Å². The maximum absolute atomic E-state index is 13.2. The Morgan fingerprint density at radius 2 is 1.31 bits per heavy atom. The van der Waals surface area contributed by atoms with Crippen molar-refractivity contribution in [1.29, 1.82) is 0 Å². The molecule has 0 aromatic heterocycles. The highest BCUT2D eigenvalue weighted by molar-refractivity contribution is 6.05. The maximum Gasteiger partial charge on any atom is 0.339 e. The summed E-state index contributed by atoms with van der Waals surface area (Å²) in [6.45, 7) is 19.8. The average molecular weight is 408 g/mol. The molecule has 1 aliphatic rings.